The second-order valence-electron chi connectivity index (χ2n) is 3.25. The molecule has 0 aromatic carbocycles. The highest BCUT2D eigenvalue weighted by molar-refractivity contribution is 7.53. The maximum atomic E-state index is 10.7. The van der Waals surface area contributed by atoms with Crippen molar-refractivity contribution in [3.8, 4) is 0 Å². The summed E-state index contributed by atoms with van der Waals surface area (Å²) in [6.07, 6.45) is 0.370. The predicted octanol–water partition coefficient (Wildman–Crippen LogP) is -0.210. The van der Waals surface area contributed by atoms with Crippen LogP contribution in [-0.2, 0) is 9.36 Å². The lowest BCUT2D eigenvalue weighted by Gasteiger charge is -2.11. The fourth-order valence-electron chi connectivity index (χ4n) is 1.19. The van der Waals surface area contributed by atoms with Gasteiger partial charge in [-0.2, -0.15) is 0 Å². The average molecular weight is 209 g/mol. The smallest absolute Gasteiger partial charge is 0.324 e. The van der Waals surface area contributed by atoms with Crippen LogP contribution in [0.5, 0.6) is 0 Å². The number of nitrogens with zero attached hydrogens (tertiary/aromatic N) is 1. The van der Waals surface area contributed by atoms with Gasteiger partial charge in [0.15, 0.2) is 0 Å². The standard InChI is InChI=1S/C6H12NO5P/c1-4(8)7(9)3-5-2-6(5)13(10,11)12/h5-6,9H,2-3H2,1H3,(H2,10,11,12)/t5-,6+/m0/s1. The minimum Gasteiger partial charge on any atom is -0.324 e. The third-order valence-electron chi connectivity index (χ3n) is 2.09. The van der Waals surface area contributed by atoms with Gasteiger partial charge in [0.05, 0.1) is 12.2 Å². The van der Waals surface area contributed by atoms with E-state index in [0.717, 1.165) is 0 Å². The first-order chi connectivity index (χ1) is 5.82. The Hall–Kier alpha value is -0.420. The Morgan fingerprint density at radius 3 is 2.46 bits per heavy atom. The number of carbonyl (C=O) groups is 1. The molecule has 6 nitrogen and oxygen atoms in total. The molecular formula is C6H12NO5P. The van der Waals surface area contributed by atoms with Gasteiger partial charge in [0, 0.05) is 6.92 Å². The zero-order chi connectivity index (χ0) is 10.2. The van der Waals surface area contributed by atoms with E-state index in [1.54, 1.807) is 0 Å². The van der Waals surface area contributed by atoms with Gasteiger partial charge in [-0.25, -0.2) is 5.06 Å². The summed E-state index contributed by atoms with van der Waals surface area (Å²) in [5.74, 6) is -0.786. The first kappa shape index (κ1) is 10.7. The normalized spacial score (nSPS) is 27.1. The van der Waals surface area contributed by atoms with Gasteiger partial charge in [0.2, 0.25) is 5.91 Å². The molecule has 7 heteroatoms. The lowest BCUT2D eigenvalue weighted by molar-refractivity contribution is -0.163. The van der Waals surface area contributed by atoms with Crippen molar-refractivity contribution >= 4 is 13.5 Å². The number of hydrogen-bond donors (Lipinski definition) is 3. The Balaban J connectivity index is 2.37. The van der Waals surface area contributed by atoms with Crippen LogP contribution in [0.25, 0.3) is 0 Å². The molecule has 0 radical (unpaired) electrons. The quantitative estimate of drug-likeness (QED) is 0.339. The highest BCUT2D eigenvalue weighted by atomic mass is 31.2. The molecular weight excluding hydrogens is 197 g/mol. The zero-order valence-corrected chi connectivity index (χ0v) is 8.02. The van der Waals surface area contributed by atoms with E-state index in [2.05, 4.69) is 0 Å². The molecule has 0 spiro atoms. The summed E-state index contributed by atoms with van der Waals surface area (Å²) < 4.78 is 10.7. The molecule has 1 amide bonds. The van der Waals surface area contributed by atoms with Gasteiger partial charge in [-0.3, -0.25) is 14.6 Å². The summed E-state index contributed by atoms with van der Waals surface area (Å²) in [7, 11) is -4.02. The van der Waals surface area contributed by atoms with Crippen LogP contribution >= 0.6 is 7.60 Å². The summed E-state index contributed by atoms with van der Waals surface area (Å²) in [6.45, 7) is 1.19. The van der Waals surface area contributed by atoms with Gasteiger partial charge in [-0.05, 0) is 12.3 Å². The molecule has 0 unspecified atom stereocenters. The van der Waals surface area contributed by atoms with Gasteiger partial charge in [-0.1, -0.05) is 0 Å². The van der Waals surface area contributed by atoms with Crippen LogP contribution in [0.2, 0.25) is 0 Å². The summed E-state index contributed by atoms with van der Waals surface area (Å²) in [4.78, 5) is 28.0. The number of hydrogen-bond acceptors (Lipinski definition) is 3. The second kappa shape index (κ2) is 3.38. The third kappa shape index (κ3) is 2.77. The van der Waals surface area contributed by atoms with Gasteiger partial charge >= 0.3 is 7.60 Å². The maximum Gasteiger partial charge on any atom is 0.328 e. The first-order valence-corrected chi connectivity index (χ1v) is 5.52. The van der Waals surface area contributed by atoms with E-state index in [9.17, 15) is 9.36 Å². The molecule has 0 aromatic rings. The van der Waals surface area contributed by atoms with Crippen LogP contribution in [0, 0.1) is 5.92 Å². The van der Waals surface area contributed by atoms with Crippen molar-refractivity contribution in [3.05, 3.63) is 0 Å². The highest BCUT2D eigenvalue weighted by Gasteiger charge is 2.50. The van der Waals surface area contributed by atoms with Crippen LogP contribution in [0.15, 0.2) is 0 Å². The minimum atomic E-state index is -4.02. The topological polar surface area (TPSA) is 98.1 Å². The molecule has 76 valence electrons. The van der Waals surface area contributed by atoms with Crippen molar-refractivity contribution in [1.29, 1.82) is 0 Å². The predicted molar refractivity (Wildman–Crippen MR) is 43.1 cm³/mol. The molecule has 1 saturated carbocycles. The molecule has 0 bridgehead atoms. The van der Waals surface area contributed by atoms with E-state index in [4.69, 9.17) is 15.0 Å². The van der Waals surface area contributed by atoms with E-state index >= 15 is 0 Å². The molecule has 1 aliphatic rings. The largest absolute Gasteiger partial charge is 0.328 e. The van der Waals surface area contributed by atoms with E-state index in [1.807, 2.05) is 0 Å². The Labute approximate surface area is 75.3 Å². The lowest BCUT2D eigenvalue weighted by atomic mass is 10.4. The molecule has 1 fully saturated rings. The van der Waals surface area contributed by atoms with Crippen molar-refractivity contribution in [1.82, 2.24) is 5.06 Å². The summed E-state index contributed by atoms with van der Waals surface area (Å²) in [5.41, 5.74) is -0.679. The zero-order valence-electron chi connectivity index (χ0n) is 7.12. The Morgan fingerprint density at radius 2 is 2.15 bits per heavy atom. The molecule has 1 aliphatic carbocycles. The average Bonchev–Trinajstić information content (AvgIpc) is 2.65. The molecule has 1 rings (SSSR count). The molecule has 0 saturated heterocycles. The molecule has 13 heavy (non-hydrogen) atoms. The van der Waals surface area contributed by atoms with Gasteiger partial charge in [0.25, 0.3) is 0 Å². The van der Waals surface area contributed by atoms with E-state index in [0.29, 0.717) is 11.5 Å². The Bertz CT molecular complexity index is 262. The molecule has 3 N–H and O–H groups in total. The summed E-state index contributed by atoms with van der Waals surface area (Å²) in [5, 5.41) is 9.44. The Morgan fingerprint density at radius 1 is 1.62 bits per heavy atom. The summed E-state index contributed by atoms with van der Waals surface area (Å²) >= 11 is 0. The monoisotopic (exact) mass is 209 g/mol. The maximum absolute atomic E-state index is 10.7. The third-order valence-corrected chi connectivity index (χ3v) is 3.58. The first-order valence-electron chi connectivity index (χ1n) is 3.84. The van der Waals surface area contributed by atoms with Crippen molar-refractivity contribution < 1.29 is 24.4 Å². The summed E-state index contributed by atoms with van der Waals surface area (Å²) in [6, 6.07) is 0. The van der Waals surface area contributed by atoms with Crippen LogP contribution in [0.3, 0.4) is 0 Å². The van der Waals surface area contributed by atoms with E-state index in [1.165, 1.54) is 6.92 Å². The van der Waals surface area contributed by atoms with Crippen LogP contribution in [-0.4, -0.2) is 38.2 Å². The molecule has 0 aromatic heterocycles. The van der Waals surface area contributed by atoms with Crippen LogP contribution in [0.4, 0.5) is 0 Å². The fraction of sp³-hybridized carbons (Fsp3) is 0.833. The van der Waals surface area contributed by atoms with Crippen molar-refractivity contribution in [3.63, 3.8) is 0 Å². The Kier molecular flexibility index (Phi) is 2.77. The number of hydroxylamine groups is 2. The SMILES string of the molecule is CC(=O)N(O)C[C@@H]1C[C@H]1P(=O)(O)O. The van der Waals surface area contributed by atoms with Crippen LogP contribution < -0.4 is 0 Å². The highest BCUT2D eigenvalue weighted by Crippen LogP contribution is 2.58. The van der Waals surface area contributed by atoms with Crippen molar-refractivity contribution in [2.24, 2.45) is 5.92 Å². The number of carbonyl (C=O) groups excluding carboxylic acids is 1. The number of rotatable bonds is 3. The van der Waals surface area contributed by atoms with Gasteiger partial charge in [-0.15, -0.1) is 0 Å². The van der Waals surface area contributed by atoms with Gasteiger partial charge in [0.1, 0.15) is 0 Å². The second-order valence-corrected chi connectivity index (χ2v) is 5.09. The van der Waals surface area contributed by atoms with Crippen molar-refractivity contribution in [2.45, 2.75) is 19.0 Å². The molecule has 2 atom stereocenters. The van der Waals surface area contributed by atoms with E-state index in [-0.39, 0.29) is 12.5 Å². The molecule has 0 aliphatic heterocycles. The molecule has 0 heterocycles. The number of amides is 1. The van der Waals surface area contributed by atoms with Crippen molar-refractivity contribution in [2.75, 3.05) is 6.54 Å². The van der Waals surface area contributed by atoms with Crippen LogP contribution in [0.1, 0.15) is 13.3 Å². The lowest BCUT2D eigenvalue weighted by Crippen LogP contribution is -2.27. The van der Waals surface area contributed by atoms with E-state index < -0.39 is 19.2 Å². The van der Waals surface area contributed by atoms with Gasteiger partial charge < -0.3 is 9.79 Å². The minimum absolute atomic E-state index is 0.00507. The fourth-order valence-corrected chi connectivity index (χ4v) is 2.38.